The number of nitrogen functional groups attached to an aromatic ring is 1. The van der Waals surface area contributed by atoms with E-state index in [4.69, 9.17) is 10.5 Å². The summed E-state index contributed by atoms with van der Waals surface area (Å²) in [5.74, 6) is 6.97. The molecular formula is C26H27N3O. The summed E-state index contributed by atoms with van der Waals surface area (Å²) in [6.07, 6.45) is 4.44. The van der Waals surface area contributed by atoms with Crippen LogP contribution in [0.25, 0.3) is 11.1 Å². The molecule has 2 heterocycles. The zero-order chi connectivity index (χ0) is 20.8. The molecule has 152 valence electrons. The minimum absolute atomic E-state index is 0.617. The van der Waals surface area contributed by atoms with Crippen LogP contribution >= 0.6 is 0 Å². The number of nitrogens with two attached hydrogens (primary N) is 1. The average molecular weight is 398 g/mol. The first-order valence-electron chi connectivity index (χ1n) is 10.5. The van der Waals surface area contributed by atoms with Gasteiger partial charge < -0.3 is 10.5 Å². The number of rotatable bonds is 5. The van der Waals surface area contributed by atoms with E-state index in [1.165, 1.54) is 31.5 Å². The van der Waals surface area contributed by atoms with E-state index < -0.39 is 0 Å². The number of nitrogens with zero attached hydrogens (tertiary/aromatic N) is 2. The van der Waals surface area contributed by atoms with Crippen LogP contribution in [-0.4, -0.2) is 36.1 Å². The molecule has 4 heteroatoms. The van der Waals surface area contributed by atoms with Crippen LogP contribution < -0.4 is 10.5 Å². The fraction of sp³-hybridized carbons (Fsp3) is 0.269. The molecule has 0 atom stereocenters. The zero-order valence-corrected chi connectivity index (χ0v) is 17.4. The summed E-state index contributed by atoms with van der Waals surface area (Å²) in [6, 6.07) is 18.1. The minimum Gasteiger partial charge on any atom is -0.490 e. The van der Waals surface area contributed by atoms with Crippen LogP contribution in [0.1, 0.15) is 29.7 Å². The molecule has 2 N–H and O–H groups in total. The van der Waals surface area contributed by atoms with Crippen LogP contribution in [0.15, 0.2) is 60.8 Å². The topological polar surface area (TPSA) is 51.4 Å². The van der Waals surface area contributed by atoms with E-state index in [0.717, 1.165) is 34.7 Å². The molecule has 0 radical (unpaired) electrons. The maximum Gasteiger partial charge on any atom is 0.142 e. The summed E-state index contributed by atoms with van der Waals surface area (Å²) in [5, 5.41) is 0. The van der Waals surface area contributed by atoms with Gasteiger partial charge in [0.2, 0.25) is 0 Å². The molecule has 1 saturated heterocycles. The lowest BCUT2D eigenvalue weighted by Gasteiger charge is -2.15. The number of ether oxygens (including phenoxy) is 1. The van der Waals surface area contributed by atoms with E-state index in [2.05, 4.69) is 52.9 Å². The Kier molecular flexibility index (Phi) is 6.32. The monoisotopic (exact) mass is 397 g/mol. The SMILES string of the molecule is Cc1ccc(-c2ccc(C#Cc3ccc(OCCN4CCCC4)c(N)c3)nc2)cc1. The molecule has 0 saturated carbocycles. The van der Waals surface area contributed by atoms with Gasteiger partial charge in [0, 0.05) is 23.9 Å². The molecule has 0 bridgehead atoms. The van der Waals surface area contributed by atoms with Crippen molar-refractivity contribution >= 4 is 5.69 Å². The van der Waals surface area contributed by atoms with Crippen molar-refractivity contribution in [3.8, 4) is 28.7 Å². The van der Waals surface area contributed by atoms with Crippen LogP contribution in [0.5, 0.6) is 5.75 Å². The van der Waals surface area contributed by atoms with Crippen molar-refractivity contribution in [3.63, 3.8) is 0 Å². The van der Waals surface area contributed by atoms with Gasteiger partial charge in [-0.2, -0.15) is 0 Å². The van der Waals surface area contributed by atoms with Gasteiger partial charge in [-0.1, -0.05) is 41.8 Å². The van der Waals surface area contributed by atoms with Gasteiger partial charge in [-0.25, -0.2) is 4.98 Å². The maximum atomic E-state index is 6.16. The molecule has 0 aliphatic carbocycles. The number of benzene rings is 2. The Morgan fingerprint density at radius 1 is 0.967 bits per heavy atom. The molecular weight excluding hydrogens is 370 g/mol. The van der Waals surface area contributed by atoms with Gasteiger partial charge in [0.05, 0.1) is 5.69 Å². The highest BCUT2D eigenvalue weighted by molar-refractivity contribution is 5.63. The van der Waals surface area contributed by atoms with Gasteiger partial charge in [-0.15, -0.1) is 0 Å². The third-order valence-corrected chi connectivity index (χ3v) is 5.36. The number of hydrogen-bond donors (Lipinski definition) is 1. The van der Waals surface area contributed by atoms with E-state index >= 15 is 0 Å². The molecule has 3 aromatic rings. The van der Waals surface area contributed by atoms with Crippen LogP contribution in [-0.2, 0) is 0 Å². The Bertz CT molecular complexity index is 1040. The molecule has 1 fully saturated rings. The summed E-state index contributed by atoms with van der Waals surface area (Å²) in [4.78, 5) is 6.90. The summed E-state index contributed by atoms with van der Waals surface area (Å²) in [5.41, 5.74) is 11.8. The lowest BCUT2D eigenvalue weighted by atomic mass is 10.1. The second-order valence-electron chi connectivity index (χ2n) is 7.70. The second kappa shape index (κ2) is 9.47. The molecule has 0 unspecified atom stereocenters. The van der Waals surface area contributed by atoms with Crippen molar-refractivity contribution < 1.29 is 4.74 Å². The lowest BCUT2D eigenvalue weighted by molar-refractivity contribution is 0.238. The maximum absolute atomic E-state index is 6.16. The molecule has 0 amide bonds. The van der Waals surface area contributed by atoms with E-state index in [1.54, 1.807) is 0 Å². The van der Waals surface area contributed by atoms with Gasteiger partial charge >= 0.3 is 0 Å². The third-order valence-electron chi connectivity index (χ3n) is 5.36. The van der Waals surface area contributed by atoms with E-state index in [1.807, 2.05) is 36.5 Å². The summed E-state index contributed by atoms with van der Waals surface area (Å²) >= 11 is 0. The number of pyridine rings is 1. The Hall–Kier alpha value is -3.29. The minimum atomic E-state index is 0.617. The van der Waals surface area contributed by atoms with Crippen LogP contribution in [0.2, 0.25) is 0 Å². The fourth-order valence-corrected chi connectivity index (χ4v) is 3.57. The molecule has 4 rings (SSSR count). The Morgan fingerprint density at radius 3 is 2.43 bits per heavy atom. The Morgan fingerprint density at radius 2 is 1.73 bits per heavy atom. The van der Waals surface area contributed by atoms with Crippen molar-refractivity contribution in [1.82, 2.24) is 9.88 Å². The second-order valence-corrected chi connectivity index (χ2v) is 7.70. The highest BCUT2D eigenvalue weighted by Crippen LogP contribution is 2.23. The molecule has 1 aliphatic rings. The van der Waals surface area contributed by atoms with Gasteiger partial charge in [-0.3, -0.25) is 4.90 Å². The fourth-order valence-electron chi connectivity index (χ4n) is 3.57. The Balaban J connectivity index is 1.37. The van der Waals surface area contributed by atoms with E-state index in [0.29, 0.717) is 12.3 Å². The number of likely N-dealkylation sites (tertiary alicyclic amines) is 1. The number of anilines is 1. The molecule has 30 heavy (non-hydrogen) atoms. The summed E-state index contributed by atoms with van der Waals surface area (Å²) in [7, 11) is 0. The summed E-state index contributed by atoms with van der Waals surface area (Å²) < 4.78 is 5.85. The third kappa shape index (κ3) is 5.20. The molecule has 1 aromatic heterocycles. The Labute approximate surface area is 178 Å². The van der Waals surface area contributed by atoms with Crippen LogP contribution in [0, 0.1) is 18.8 Å². The predicted molar refractivity (Wildman–Crippen MR) is 122 cm³/mol. The van der Waals surface area contributed by atoms with Crippen molar-refractivity contribution in [3.05, 3.63) is 77.6 Å². The molecule has 0 spiro atoms. The van der Waals surface area contributed by atoms with Crippen molar-refractivity contribution in [2.75, 3.05) is 32.0 Å². The largest absolute Gasteiger partial charge is 0.490 e. The molecule has 4 nitrogen and oxygen atoms in total. The van der Waals surface area contributed by atoms with Crippen molar-refractivity contribution in [2.45, 2.75) is 19.8 Å². The van der Waals surface area contributed by atoms with Crippen molar-refractivity contribution in [1.29, 1.82) is 0 Å². The highest BCUT2D eigenvalue weighted by Gasteiger charge is 2.11. The molecule has 1 aliphatic heterocycles. The van der Waals surface area contributed by atoms with Crippen LogP contribution in [0.3, 0.4) is 0 Å². The zero-order valence-electron chi connectivity index (χ0n) is 17.4. The normalized spacial score (nSPS) is 13.6. The first-order chi connectivity index (χ1) is 14.7. The van der Waals surface area contributed by atoms with Gasteiger partial charge in [0.15, 0.2) is 0 Å². The highest BCUT2D eigenvalue weighted by atomic mass is 16.5. The van der Waals surface area contributed by atoms with Gasteiger partial charge in [-0.05, 0) is 68.6 Å². The van der Waals surface area contributed by atoms with Gasteiger partial charge in [0.1, 0.15) is 18.1 Å². The standard InChI is InChI=1S/C26H27N3O/c1-20-4-8-22(9-5-20)23-10-12-24(28-19-23)11-6-21-7-13-26(25(27)18-21)30-17-16-29-14-2-3-15-29/h4-5,7-10,12-13,18-19H,2-3,14-17,27H2,1H3. The first-order valence-corrected chi connectivity index (χ1v) is 10.5. The van der Waals surface area contributed by atoms with E-state index in [9.17, 15) is 0 Å². The predicted octanol–water partition coefficient (Wildman–Crippen LogP) is 4.51. The first kappa shape index (κ1) is 20.0. The number of aromatic nitrogens is 1. The van der Waals surface area contributed by atoms with E-state index in [-0.39, 0.29) is 0 Å². The number of aryl methyl sites for hydroxylation is 1. The molecule has 2 aromatic carbocycles. The summed E-state index contributed by atoms with van der Waals surface area (Å²) in [6.45, 7) is 6.04. The number of hydrogen-bond acceptors (Lipinski definition) is 4. The lowest BCUT2D eigenvalue weighted by Crippen LogP contribution is -2.25. The quantitative estimate of drug-likeness (QED) is 0.508. The average Bonchev–Trinajstić information content (AvgIpc) is 3.28. The van der Waals surface area contributed by atoms with Crippen molar-refractivity contribution in [2.24, 2.45) is 0 Å². The van der Waals surface area contributed by atoms with Gasteiger partial charge in [0.25, 0.3) is 0 Å². The van der Waals surface area contributed by atoms with Crippen LogP contribution in [0.4, 0.5) is 5.69 Å². The smallest absolute Gasteiger partial charge is 0.142 e.